The Morgan fingerprint density at radius 1 is 0.478 bits per heavy atom. The monoisotopic (exact) mass is 680 g/mol. The molecule has 0 unspecified atom stereocenters. The summed E-state index contributed by atoms with van der Waals surface area (Å²) in [6.07, 6.45) is 0. The number of aryl methyl sites for hydroxylation is 2. The lowest BCUT2D eigenvalue weighted by molar-refractivity contribution is 0.397. The first-order valence-electron chi connectivity index (χ1n) is 13.7. The van der Waals surface area contributed by atoms with Crippen molar-refractivity contribution in [2.75, 3.05) is 14.2 Å². The van der Waals surface area contributed by atoms with E-state index in [1.807, 2.05) is 13.8 Å². The van der Waals surface area contributed by atoms with Gasteiger partial charge in [0.15, 0.2) is 0 Å². The van der Waals surface area contributed by atoms with Crippen molar-refractivity contribution in [3.05, 3.63) is 126 Å². The van der Waals surface area contributed by atoms with Crippen LogP contribution in [-0.2, 0) is 29.8 Å². The van der Waals surface area contributed by atoms with Crippen LogP contribution in [0.1, 0.15) is 11.1 Å². The predicted molar refractivity (Wildman–Crippen MR) is 175 cm³/mol. The Hall–Kier alpha value is -4.49. The maximum atomic E-state index is 12.7. The molecule has 46 heavy (non-hydrogen) atoms. The largest absolute Gasteiger partial charge is 0.497 e. The van der Waals surface area contributed by atoms with Gasteiger partial charge in [0, 0.05) is 0 Å². The van der Waals surface area contributed by atoms with Gasteiger partial charge in [0.25, 0.3) is 10.1 Å². The fourth-order valence-electron chi connectivity index (χ4n) is 4.35. The predicted octanol–water partition coefficient (Wildman–Crippen LogP) is 6.59. The van der Waals surface area contributed by atoms with Crippen LogP contribution in [0.5, 0.6) is 11.5 Å². The van der Waals surface area contributed by atoms with Crippen LogP contribution < -0.4 is 9.47 Å². The standard InChI is InChI=1S/C20H18O6S2.C14H14O3S/c1-14-3-8-17(9-4-14)27(21,22)18-10-5-15(6-11-18)16-7-12-19(26-2)20(13-16)28(23,24)25;1-11-3-7-13(8-4-11)18(15,16)14-9-5-12(17-2)6-10-14/h3-13H,1-2H3,(H,23,24,25);3-10H,1-2H3. The molecule has 0 spiro atoms. The first-order valence-corrected chi connectivity index (χ1v) is 18.1. The summed E-state index contributed by atoms with van der Waals surface area (Å²) < 4.78 is 92.5. The van der Waals surface area contributed by atoms with Crippen LogP contribution in [-0.4, -0.2) is 44.0 Å². The summed E-state index contributed by atoms with van der Waals surface area (Å²) in [5, 5.41) is 0. The van der Waals surface area contributed by atoms with Gasteiger partial charge >= 0.3 is 0 Å². The van der Waals surface area contributed by atoms with E-state index in [1.54, 1.807) is 98.1 Å². The van der Waals surface area contributed by atoms with E-state index in [9.17, 15) is 29.8 Å². The molecule has 0 aromatic heterocycles. The molecule has 0 aliphatic heterocycles. The maximum Gasteiger partial charge on any atom is 0.298 e. The molecular formula is C34H32O9S3. The summed E-state index contributed by atoms with van der Waals surface area (Å²) in [5.74, 6) is 0.655. The molecule has 0 radical (unpaired) electrons. The van der Waals surface area contributed by atoms with Gasteiger partial charge in [-0.3, -0.25) is 4.55 Å². The fourth-order valence-corrected chi connectivity index (χ4v) is 7.55. The highest BCUT2D eigenvalue weighted by atomic mass is 32.2. The summed E-state index contributed by atoms with van der Waals surface area (Å²) in [5.41, 5.74) is 3.08. The van der Waals surface area contributed by atoms with Gasteiger partial charge in [0.2, 0.25) is 19.7 Å². The normalized spacial score (nSPS) is 11.7. The number of ether oxygens (including phenoxy) is 2. The number of benzene rings is 5. The van der Waals surface area contributed by atoms with Crippen LogP contribution in [0.4, 0.5) is 0 Å². The van der Waals surface area contributed by atoms with Gasteiger partial charge in [0.05, 0.1) is 33.8 Å². The Labute approximate surface area is 269 Å². The van der Waals surface area contributed by atoms with E-state index in [4.69, 9.17) is 9.47 Å². The summed E-state index contributed by atoms with van der Waals surface area (Å²) >= 11 is 0. The van der Waals surface area contributed by atoms with Gasteiger partial charge in [0.1, 0.15) is 16.4 Å². The van der Waals surface area contributed by atoms with Crippen molar-refractivity contribution in [2.24, 2.45) is 0 Å². The quantitative estimate of drug-likeness (QED) is 0.180. The van der Waals surface area contributed by atoms with E-state index >= 15 is 0 Å². The molecule has 0 fully saturated rings. The van der Waals surface area contributed by atoms with Crippen LogP contribution in [0, 0.1) is 13.8 Å². The zero-order valence-electron chi connectivity index (χ0n) is 25.4. The van der Waals surface area contributed by atoms with Gasteiger partial charge < -0.3 is 9.47 Å². The minimum Gasteiger partial charge on any atom is -0.497 e. The molecule has 5 rings (SSSR count). The molecular weight excluding hydrogens is 649 g/mol. The number of hydrogen-bond acceptors (Lipinski definition) is 8. The highest BCUT2D eigenvalue weighted by Gasteiger charge is 2.20. The minimum atomic E-state index is -4.47. The second-order valence-electron chi connectivity index (χ2n) is 10.2. The SMILES string of the molecule is COc1ccc(-c2ccc(S(=O)(=O)c3ccc(C)cc3)cc2)cc1S(=O)(=O)O.COc1ccc(S(=O)(=O)c2ccc(C)cc2)cc1. The van der Waals surface area contributed by atoms with E-state index in [2.05, 4.69) is 0 Å². The second kappa shape index (κ2) is 13.9. The molecule has 5 aromatic rings. The summed E-state index contributed by atoms with van der Waals surface area (Å²) in [7, 11) is -8.71. The zero-order valence-corrected chi connectivity index (χ0v) is 27.9. The van der Waals surface area contributed by atoms with Crippen LogP contribution in [0.15, 0.2) is 140 Å². The molecule has 0 bridgehead atoms. The second-order valence-corrected chi connectivity index (χ2v) is 15.5. The van der Waals surface area contributed by atoms with E-state index < -0.39 is 29.8 Å². The van der Waals surface area contributed by atoms with Crippen molar-refractivity contribution in [1.82, 2.24) is 0 Å². The minimum absolute atomic E-state index is 0.0184. The van der Waals surface area contributed by atoms with Crippen LogP contribution >= 0.6 is 0 Å². The maximum absolute atomic E-state index is 12.7. The van der Waals surface area contributed by atoms with Crippen LogP contribution in [0.25, 0.3) is 11.1 Å². The smallest absolute Gasteiger partial charge is 0.298 e. The van der Waals surface area contributed by atoms with Crippen molar-refractivity contribution in [3.8, 4) is 22.6 Å². The summed E-state index contributed by atoms with van der Waals surface area (Å²) in [4.78, 5) is 0.543. The van der Waals surface area contributed by atoms with Crippen molar-refractivity contribution >= 4 is 29.8 Å². The van der Waals surface area contributed by atoms with E-state index in [1.165, 1.54) is 31.4 Å². The van der Waals surface area contributed by atoms with E-state index in [0.29, 0.717) is 21.8 Å². The molecule has 0 aliphatic carbocycles. The zero-order chi connectivity index (χ0) is 33.7. The molecule has 0 aliphatic rings. The van der Waals surface area contributed by atoms with E-state index in [-0.39, 0.29) is 25.3 Å². The third-order valence-corrected chi connectivity index (χ3v) is 11.4. The third kappa shape index (κ3) is 7.83. The number of hydrogen-bond donors (Lipinski definition) is 1. The number of rotatable bonds is 8. The van der Waals surface area contributed by atoms with Gasteiger partial charge in [-0.1, -0.05) is 53.6 Å². The first kappa shape index (κ1) is 34.4. The Morgan fingerprint density at radius 3 is 1.22 bits per heavy atom. The molecule has 9 nitrogen and oxygen atoms in total. The average Bonchev–Trinajstić information content (AvgIpc) is 3.05. The van der Waals surface area contributed by atoms with Crippen LogP contribution in [0.2, 0.25) is 0 Å². The molecule has 0 heterocycles. The van der Waals surface area contributed by atoms with Crippen molar-refractivity contribution < 1.29 is 39.3 Å². The Bertz CT molecular complexity index is 2140. The topological polar surface area (TPSA) is 141 Å². The van der Waals surface area contributed by atoms with Crippen molar-refractivity contribution in [2.45, 2.75) is 38.3 Å². The molecule has 0 saturated carbocycles. The first-order chi connectivity index (χ1) is 21.7. The average molecular weight is 681 g/mol. The lowest BCUT2D eigenvalue weighted by atomic mass is 10.1. The molecule has 0 atom stereocenters. The van der Waals surface area contributed by atoms with Gasteiger partial charge in [-0.25, -0.2) is 16.8 Å². The van der Waals surface area contributed by atoms with Crippen molar-refractivity contribution in [1.29, 1.82) is 0 Å². The highest BCUT2D eigenvalue weighted by Crippen LogP contribution is 2.31. The summed E-state index contributed by atoms with van der Waals surface area (Å²) in [6, 6.07) is 30.2. The third-order valence-electron chi connectivity index (χ3n) is 6.97. The molecule has 0 saturated heterocycles. The molecule has 1 N–H and O–H groups in total. The number of sulfone groups is 2. The lowest BCUT2D eigenvalue weighted by Crippen LogP contribution is -2.02. The van der Waals surface area contributed by atoms with Crippen molar-refractivity contribution in [3.63, 3.8) is 0 Å². The van der Waals surface area contributed by atoms with Crippen LogP contribution in [0.3, 0.4) is 0 Å². The Kier molecular flexibility index (Phi) is 10.4. The Morgan fingerprint density at radius 2 is 0.848 bits per heavy atom. The molecule has 5 aromatic carbocycles. The molecule has 0 amide bonds. The van der Waals surface area contributed by atoms with Gasteiger partial charge in [-0.15, -0.1) is 0 Å². The molecule has 12 heteroatoms. The Balaban J connectivity index is 0.000000230. The number of methoxy groups -OCH3 is 2. The highest BCUT2D eigenvalue weighted by molar-refractivity contribution is 7.91. The summed E-state index contributed by atoms with van der Waals surface area (Å²) in [6.45, 7) is 3.80. The van der Waals surface area contributed by atoms with Gasteiger partial charge in [-0.05, 0) is 97.8 Å². The fraction of sp³-hybridized carbons (Fsp3) is 0.118. The molecule has 240 valence electrons. The van der Waals surface area contributed by atoms with E-state index in [0.717, 1.165) is 11.1 Å². The van der Waals surface area contributed by atoms with Gasteiger partial charge in [-0.2, -0.15) is 8.42 Å². The lowest BCUT2D eigenvalue weighted by Gasteiger charge is -2.10.